The summed E-state index contributed by atoms with van der Waals surface area (Å²) < 4.78 is 10.6. The van der Waals surface area contributed by atoms with E-state index in [1.165, 1.54) is 22.3 Å². The lowest BCUT2D eigenvalue weighted by atomic mass is 9.97. The van der Waals surface area contributed by atoms with Gasteiger partial charge < -0.3 is 43.8 Å². The Kier molecular flexibility index (Phi) is 61.4. The van der Waals surface area contributed by atoms with Gasteiger partial charge in [0, 0.05) is 143 Å². The largest absolute Gasteiger partial charge is 0.497 e. The average Bonchev–Trinajstić information content (AvgIpc) is 0.837. The number of carbonyl (C=O) groups is 7. The molecule has 7 rings (SSSR count). The van der Waals surface area contributed by atoms with Gasteiger partial charge in [-0.25, -0.2) is 19.9 Å². The standard InChI is InChI=1S/C17H27NO2.C17H27NO.C16H26N2O2.2C16H26N2O.C16H25NO.C15H24N2O/c1-6-8-18(9-7-2)17(19)15-10-14(13(3)4)11-16(12-15)20-5;1-6-8-18(9-7-2)17(19)16-11-14(5)10-15(12-16)13(3)4;1-6-8-18(9-7-2)16(19)15-11-13(20-5)10-14(17-15)12(3)4;1-6-8-18(9-7-2)16(19)15-11-14(12(3)4)10-13(5)17-15;1-6-8-18(9-7-2)16(19)15-11-13(5)10-14(17-15)12(3)4;1-5-10-17(11-6-2)16(18)15-9-7-8-14(12-15)13(3)4;1-5-10-17(11-6-2)15(18)14-9-7-8-13(16-14)12(3)4/h10-13H,6-9H2,1-5H3;10-13H,6-9H2,1-5H3;10-12H,6-9H2,1-5H3;2*10-12H,6-9H2,1-5H3;7-9,12-13H,5-6,10-11H2,1-4H3;7-9,12H,5-6,10-11H2,1-4H3. The van der Waals surface area contributed by atoms with Crippen LogP contribution in [0.15, 0.2) is 115 Å². The molecule has 133 heavy (non-hydrogen) atoms. The summed E-state index contributed by atoms with van der Waals surface area (Å²) >= 11 is 0. The van der Waals surface area contributed by atoms with Crippen molar-refractivity contribution in [2.24, 2.45) is 0 Å². The number of hydrogen-bond acceptors (Lipinski definition) is 13. The number of ether oxygens (including phenoxy) is 2. The number of methoxy groups -OCH3 is 2. The first kappa shape index (κ1) is 121. The molecule has 0 aliphatic carbocycles. The van der Waals surface area contributed by atoms with Crippen molar-refractivity contribution in [3.8, 4) is 11.5 Å². The van der Waals surface area contributed by atoms with Crippen molar-refractivity contribution < 1.29 is 43.0 Å². The Balaban J connectivity index is 0.000000776. The van der Waals surface area contributed by atoms with Gasteiger partial charge in [0.2, 0.25) is 0 Å². The maximum absolute atomic E-state index is 12.6. The van der Waals surface area contributed by atoms with Crippen molar-refractivity contribution in [2.75, 3.05) is 106 Å². The maximum Gasteiger partial charge on any atom is 0.272 e. The lowest BCUT2D eigenvalue weighted by Crippen LogP contribution is -2.33. The van der Waals surface area contributed by atoms with Gasteiger partial charge in [0.1, 0.15) is 34.3 Å². The Morgan fingerprint density at radius 1 is 0.241 bits per heavy atom. The molecule has 0 unspecified atom stereocenters. The van der Waals surface area contributed by atoms with Crippen molar-refractivity contribution in [2.45, 2.75) is 346 Å². The van der Waals surface area contributed by atoms with Crippen LogP contribution in [-0.4, -0.2) is 201 Å². The number of aromatic nitrogens is 4. The van der Waals surface area contributed by atoms with Gasteiger partial charge in [-0.2, -0.15) is 0 Å². The Labute approximate surface area is 808 Å². The highest BCUT2D eigenvalue weighted by Gasteiger charge is 2.25. The van der Waals surface area contributed by atoms with E-state index in [1.54, 1.807) is 20.3 Å². The van der Waals surface area contributed by atoms with Crippen LogP contribution in [0.5, 0.6) is 11.5 Å². The predicted molar refractivity (Wildman–Crippen MR) is 558 cm³/mol. The van der Waals surface area contributed by atoms with Gasteiger partial charge in [-0.1, -0.05) is 224 Å². The molecule has 7 amide bonds. The second kappa shape index (κ2) is 67.4. The SMILES string of the molecule is CCCN(CCC)C(=O)c1cc(C(C)C)cc(C)n1.CCCN(CCC)C(=O)c1cc(C)cc(C(C)C)c1.CCCN(CCC)C(=O)c1cc(C)cc(C(C)C)n1.CCCN(CCC)C(=O)c1cc(OC)cc(C(C)C)c1.CCCN(CCC)C(=O)c1cc(OC)cc(C(C)C)n1.CCCN(CCC)C(=O)c1cccc(C(C)C)c1.CCCN(CCC)C(=O)c1cccc(C(C)C)n1. The second-order valence-corrected chi connectivity index (χ2v) is 37.0. The van der Waals surface area contributed by atoms with E-state index in [1.807, 2.05) is 127 Å². The summed E-state index contributed by atoms with van der Waals surface area (Å²) in [6, 6.07) is 37.4. The molecular formula is C113H181N11O9. The van der Waals surface area contributed by atoms with Crippen LogP contribution in [0.4, 0.5) is 0 Å². The van der Waals surface area contributed by atoms with Crippen LogP contribution in [0.3, 0.4) is 0 Å². The van der Waals surface area contributed by atoms with Gasteiger partial charge >= 0.3 is 0 Å². The van der Waals surface area contributed by atoms with E-state index in [2.05, 4.69) is 251 Å². The molecule has 0 saturated carbocycles. The molecule has 4 aromatic heterocycles. The summed E-state index contributed by atoms with van der Waals surface area (Å²) in [5, 5.41) is 0. The lowest BCUT2D eigenvalue weighted by molar-refractivity contribution is 0.0742. The van der Waals surface area contributed by atoms with E-state index in [-0.39, 0.29) is 47.3 Å². The Morgan fingerprint density at radius 2 is 0.519 bits per heavy atom. The zero-order valence-corrected chi connectivity index (χ0v) is 89.4. The average molecular weight is 1840 g/mol. The van der Waals surface area contributed by atoms with Gasteiger partial charge in [-0.15, -0.1) is 0 Å². The number of rotatable bonds is 44. The highest BCUT2D eigenvalue weighted by molar-refractivity contribution is 5.97. The molecule has 742 valence electrons. The van der Waals surface area contributed by atoms with Gasteiger partial charge in [-0.3, -0.25) is 33.6 Å². The summed E-state index contributed by atoms with van der Waals surface area (Å²) in [5.74, 6) is 4.75. The minimum Gasteiger partial charge on any atom is -0.497 e. The van der Waals surface area contributed by atoms with Gasteiger partial charge in [0.15, 0.2) is 0 Å². The fourth-order valence-electron chi connectivity index (χ4n) is 14.9. The van der Waals surface area contributed by atoms with Crippen LogP contribution in [-0.2, 0) is 0 Å². The van der Waals surface area contributed by atoms with Crippen LogP contribution in [0.1, 0.15) is 454 Å². The fourth-order valence-corrected chi connectivity index (χ4v) is 14.9. The first-order valence-corrected chi connectivity index (χ1v) is 50.7. The molecule has 3 aromatic carbocycles. The summed E-state index contributed by atoms with van der Waals surface area (Å²) in [6.07, 6.45) is 13.8. The van der Waals surface area contributed by atoms with E-state index < -0.39 is 0 Å². The van der Waals surface area contributed by atoms with Crippen LogP contribution in [0.25, 0.3) is 0 Å². The molecule has 0 bridgehead atoms. The zero-order valence-electron chi connectivity index (χ0n) is 89.4. The quantitative estimate of drug-likeness (QED) is 0.0348. The van der Waals surface area contributed by atoms with E-state index in [0.717, 1.165) is 238 Å². The molecule has 0 aliphatic heterocycles. The monoisotopic (exact) mass is 1840 g/mol. The molecule has 0 saturated heterocycles. The number of carbonyl (C=O) groups excluding carboxylic acids is 7. The summed E-state index contributed by atoms with van der Waals surface area (Å²) in [4.78, 5) is 119. The van der Waals surface area contributed by atoms with Gasteiger partial charge in [-0.05, 0) is 259 Å². The molecule has 0 radical (unpaired) electrons. The normalized spacial score (nSPS) is 10.8. The van der Waals surface area contributed by atoms with Gasteiger partial charge in [0.05, 0.1) is 14.2 Å². The molecule has 0 spiro atoms. The molecule has 4 heterocycles. The molecular weight excluding hydrogens is 1660 g/mol. The maximum atomic E-state index is 12.6. The first-order valence-electron chi connectivity index (χ1n) is 50.7. The third-order valence-corrected chi connectivity index (χ3v) is 21.9. The van der Waals surface area contributed by atoms with Crippen molar-refractivity contribution in [1.29, 1.82) is 0 Å². The molecule has 0 fully saturated rings. The Morgan fingerprint density at radius 3 is 0.872 bits per heavy atom. The summed E-state index contributed by atoms with van der Waals surface area (Å²) in [5.41, 5.74) is 15.5. The predicted octanol–water partition coefficient (Wildman–Crippen LogP) is 27.0. The minimum absolute atomic E-state index is 0.00509. The third-order valence-electron chi connectivity index (χ3n) is 21.9. The number of benzene rings is 3. The molecule has 0 aliphatic rings. The smallest absolute Gasteiger partial charge is 0.272 e. The van der Waals surface area contributed by atoms with Crippen molar-refractivity contribution >= 4 is 41.4 Å². The van der Waals surface area contributed by atoms with Crippen LogP contribution < -0.4 is 9.47 Å². The van der Waals surface area contributed by atoms with E-state index >= 15 is 0 Å². The number of aryl methyl sites for hydroxylation is 3. The second-order valence-electron chi connectivity index (χ2n) is 37.0. The Bertz CT molecular complexity index is 4120. The molecule has 20 heteroatoms. The number of amides is 7. The minimum atomic E-state index is -0.00509. The third kappa shape index (κ3) is 44.0. The van der Waals surface area contributed by atoms with Gasteiger partial charge in [0.25, 0.3) is 41.4 Å². The highest BCUT2D eigenvalue weighted by Crippen LogP contribution is 2.28. The molecule has 7 aromatic rings. The van der Waals surface area contributed by atoms with Crippen LogP contribution in [0.2, 0.25) is 0 Å². The lowest BCUT2D eigenvalue weighted by Gasteiger charge is -2.22. The summed E-state index contributed by atoms with van der Waals surface area (Å²) in [6.45, 7) is 76.4. The number of hydrogen-bond donors (Lipinski definition) is 0. The fraction of sp³-hybridized carbons (Fsp3) is 0.602. The molecule has 0 N–H and O–H groups in total. The van der Waals surface area contributed by atoms with E-state index in [4.69, 9.17) is 9.47 Å². The van der Waals surface area contributed by atoms with Crippen LogP contribution >= 0.6 is 0 Å². The van der Waals surface area contributed by atoms with Crippen molar-refractivity contribution in [1.82, 2.24) is 54.2 Å². The Hall–Kier alpha value is -9.85. The number of nitrogens with zero attached hydrogens (tertiary/aromatic N) is 11. The van der Waals surface area contributed by atoms with E-state index in [9.17, 15) is 33.6 Å². The number of pyridine rings is 4. The van der Waals surface area contributed by atoms with Crippen molar-refractivity contribution in [3.63, 3.8) is 0 Å². The topological polar surface area (TPSA) is 212 Å². The van der Waals surface area contributed by atoms with E-state index in [0.29, 0.717) is 64.0 Å². The molecule has 20 nitrogen and oxygen atoms in total. The first-order chi connectivity index (χ1) is 63.2. The summed E-state index contributed by atoms with van der Waals surface area (Å²) in [7, 11) is 3.26. The van der Waals surface area contributed by atoms with Crippen molar-refractivity contribution in [3.05, 3.63) is 211 Å². The van der Waals surface area contributed by atoms with Crippen LogP contribution in [0, 0.1) is 20.8 Å². The highest BCUT2D eigenvalue weighted by atomic mass is 16.5. The zero-order chi connectivity index (χ0) is 101. The molecule has 0 atom stereocenters.